The molecular formula is C17H17Cl2NO. The van der Waals surface area contributed by atoms with Crippen LogP contribution in [0.4, 0.5) is 11.4 Å². The molecule has 0 unspecified atom stereocenters. The van der Waals surface area contributed by atoms with Crippen molar-refractivity contribution in [3.8, 4) is 5.75 Å². The third-order valence-electron chi connectivity index (χ3n) is 3.86. The molecule has 1 aliphatic heterocycles. The van der Waals surface area contributed by atoms with Gasteiger partial charge in [0.15, 0.2) is 0 Å². The van der Waals surface area contributed by atoms with Crippen molar-refractivity contribution in [2.24, 2.45) is 0 Å². The highest BCUT2D eigenvalue weighted by atomic mass is 35.5. The fourth-order valence-corrected chi connectivity index (χ4v) is 3.30. The lowest BCUT2D eigenvalue weighted by Gasteiger charge is -2.26. The number of rotatable bonds is 2. The standard InChI is InChI=1S/C17H17Cl2NO/c1-21-14-7-5-12-4-2-3-9-20(17(12)11-14)16-8-6-13(18)10-15(16)19/h5-8,10-11H,2-4,9H2,1H3. The Morgan fingerprint density at radius 2 is 1.86 bits per heavy atom. The molecule has 1 heterocycles. The Morgan fingerprint density at radius 1 is 1.00 bits per heavy atom. The Kier molecular flexibility index (Phi) is 4.27. The van der Waals surface area contributed by atoms with Crippen molar-refractivity contribution in [2.75, 3.05) is 18.6 Å². The lowest BCUT2D eigenvalue weighted by atomic mass is 10.1. The molecule has 3 rings (SSSR count). The van der Waals surface area contributed by atoms with Crippen LogP contribution >= 0.6 is 23.2 Å². The molecule has 0 fully saturated rings. The molecule has 0 bridgehead atoms. The van der Waals surface area contributed by atoms with Gasteiger partial charge in [0.05, 0.1) is 17.8 Å². The van der Waals surface area contributed by atoms with Crippen LogP contribution in [0.3, 0.4) is 0 Å². The Bertz CT molecular complexity index is 657. The van der Waals surface area contributed by atoms with E-state index in [4.69, 9.17) is 27.9 Å². The summed E-state index contributed by atoms with van der Waals surface area (Å²) in [6, 6.07) is 11.9. The quantitative estimate of drug-likeness (QED) is 0.726. The van der Waals surface area contributed by atoms with Gasteiger partial charge in [-0.15, -0.1) is 0 Å². The Morgan fingerprint density at radius 3 is 2.62 bits per heavy atom. The number of fused-ring (bicyclic) bond motifs is 1. The molecule has 2 nitrogen and oxygen atoms in total. The van der Waals surface area contributed by atoms with E-state index in [1.54, 1.807) is 13.2 Å². The summed E-state index contributed by atoms with van der Waals surface area (Å²) < 4.78 is 5.37. The Labute approximate surface area is 135 Å². The van der Waals surface area contributed by atoms with Gasteiger partial charge >= 0.3 is 0 Å². The van der Waals surface area contributed by atoms with Gasteiger partial charge in [0.1, 0.15) is 5.75 Å². The smallest absolute Gasteiger partial charge is 0.120 e. The molecule has 0 N–H and O–H groups in total. The van der Waals surface area contributed by atoms with Crippen molar-refractivity contribution < 1.29 is 4.74 Å². The molecule has 110 valence electrons. The fourth-order valence-electron chi connectivity index (χ4n) is 2.79. The van der Waals surface area contributed by atoms with Gasteiger partial charge in [0.2, 0.25) is 0 Å². The van der Waals surface area contributed by atoms with Crippen LogP contribution in [0, 0.1) is 0 Å². The first kappa shape index (κ1) is 14.6. The summed E-state index contributed by atoms with van der Waals surface area (Å²) in [6.07, 6.45) is 3.40. The van der Waals surface area contributed by atoms with E-state index in [1.165, 1.54) is 17.7 Å². The van der Waals surface area contributed by atoms with E-state index in [0.717, 1.165) is 30.8 Å². The fraction of sp³-hybridized carbons (Fsp3) is 0.294. The highest BCUT2D eigenvalue weighted by Gasteiger charge is 2.19. The lowest BCUT2D eigenvalue weighted by Crippen LogP contribution is -2.18. The number of hydrogen-bond acceptors (Lipinski definition) is 2. The zero-order valence-electron chi connectivity index (χ0n) is 11.9. The first-order chi connectivity index (χ1) is 10.2. The second kappa shape index (κ2) is 6.17. The number of halogens is 2. The summed E-state index contributed by atoms with van der Waals surface area (Å²) in [5.74, 6) is 0.866. The van der Waals surface area contributed by atoms with Crippen molar-refractivity contribution in [1.29, 1.82) is 0 Å². The number of anilines is 2. The Hall–Kier alpha value is -1.38. The zero-order valence-corrected chi connectivity index (χ0v) is 13.4. The number of benzene rings is 2. The molecule has 0 atom stereocenters. The van der Waals surface area contributed by atoms with Crippen LogP contribution in [0.25, 0.3) is 0 Å². The van der Waals surface area contributed by atoms with E-state index in [2.05, 4.69) is 17.0 Å². The van der Waals surface area contributed by atoms with E-state index >= 15 is 0 Å². The molecule has 0 aliphatic carbocycles. The van der Waals surface area contributed by atoms with Gasteiger partial charge in [0, 0.05) is 23.3 Å². The summed E-state index contributed by atoms with van der Waals surface area (Å²) >= 11 is 12.4. The molecule has 0 saturated heterocycles. The minimum atomic E-state index is 0.657. The molecule has 0 aromatic heterocycles. The summed E-state index contributed by atoms with van der Waals surface area (Å²) in [5, 5.41) is 1.34. The van der Waals surface area contributed by atoms with E-state index < -0.39 is 0 Å². The molecule has 1 aliphatic rings. The van der Waals surface area contributed by atoms with Gasteiger partial charge in [-0.25, -0.2) is 0 Å². The third-order valence-corrected chi connectivity index (χ3v) is 4.40. The third kappa shape index (κ3) is 2.97. The van der Waals surface area contributed by atoms with Gasteiger partial charge in [-0.1, -0.05) is 29.3 Å². The minimum Gasteiger partial charge on any atom is -0.497 e. The predicted molar refractivity (Wildman–Crippen MR) is 89.4 cm³/mol. The largest absolute Gasteiger partial charge is 0.497 e. The van der Waals surface area contributed by atoms with Crippen molar-refractivity contribution in [3.63, 3.8) is 0 Å². The zero-order chi connectivity index (χ0) is 14.8. The van der Waals surface area contributed by atoms with Crippen LogP contribution in [0.1, 0.15) is 18.4 Å². The maximum atomic E-state index is 6.40. The summed E-state index contributed by atoms with van der Waals surface area (Å²) in [6.45, 7) is 0.946. The highest BCUT2D eigenvalue weighted by molar-refractivity contribution is 6.36. The van der Waals surface area contributed by atoms with Gasteiger partial charge in [-0.05, 0) is 49.1 Å². The molecule has 2 aromatic rings. The minimum absolute atomic E-state index is 0.657. The van der Waals surface area contributed by atoms with E-state index in [0.29, 0.717) is 10.0 Å². The maximum Gasteiger partial charge on any atom is 0.120 e. The van der Waals surface area contributed by atoms with Crippen LogP contribution in [0.15, 0.2) is 36.4 Å². The average molecular weight is 322 g/mol. The molecule has 0 radical (unpaired) electrons. The second-order valence-electron chi connectivity index (χ2n) is 5.20. The van der Waals surface area contributed by atoms with Crippen LogP contribution in [-0.4, -0.2) is 13.7 Å². The van der Waals surface area contributed by atoms with Crippen molar-refractivity contribution in [3.05, 3.63) is 52.0 Å². The van der Waals surface area contributed by atoms with E-state index in [9.17, 15) is 0 Å². The van der Waals surface area contributed by atoms with Gasteiger partial charge < -0.3 is 9.64 Å². The van der Waals surface area contributed by atoms with Crippen molar-refractivity contribution >= 4 is 34.6 Å². The number of methoxy groups -OCH3 is 1. The van der Waals surface area contributed by atoms with Crippen LogP contribution in [-0.2, 0) is 6.42 Å². The first-order valence-corrected chi connectivity index (χ1v) is 7.84. The molecule has 0 saturated carbocycles. The van der Waals surface area contributed by atoms with Crippen LogP contribution < -0.4 is 9.64 Å². The molecule has 0 spiro atoms. The van der Waals surface area contributed by atoms with Crippen molar-refractivity contribution in [1.82, 2.24) is 0 Å². The molecule has 4 heteroatoms. The predicted octanol–water partition coefficient (Wildman–Crippen LogP) is 5.48. The maximum absolute atomic E-state index is 6.40. The van der Waals surface area contributed by atoms with Crippen LogP contribution in [0.5, 0.6) is 5.75 Å². The SMILES string of the molecule is COc1ccc2c(c1)N(c1ccc(Cl)cc1Cl)CCCC2. The number of aryl methyl sites for hydroxylation is 1. The van der Waals surface area contributed by atoms with E-state index in [1.807, 2.05) is 18.2 Å². The number of hydrogen-bond donors (Lipinski definition) is 0. The summed E-state index contributed by atoms with van der Waals surface area (Å²) in [5.41, 5.74) is 3.51. The number of ether oxygens (including phenoxy) is 1. The summed E-state index contributed by atoms with van der Waals surface area (Å²) in [7, 11) is 1.69. The van der Waals surface area contributed by atoms with Crippen LogP contribution in [0.2, 0.25) is 10.0 Å². The topological polar surface area (TPSA) is 12.5 Å². The highest BCUT2D eigenvalue weighted by Crippen LogP contribution is 2.39. The number of nitrogens with zero attached hydrogens (tertiary/aromatic N) is 1. The Balaban J connectivity index is 2.10. The van der Waals surface area contributed by atoms with E-state index in [-0.39, 0.29) is 0 Å². The lowest BCUT2D eigenvalue weighted by molar-refractivity contribution is 0.415. The van der Waals surface area contributed by atoms with Gasteiger partial charge in [-0.2, -0.15) is 0 Å². The monoisotopic (exact) mass is 321 g/mol. The van der Waals surface area contributed by atoms with Gasteiger partial charge in [0.25, 0.3) is 0 Å². The molecule has 2 aromatic carbocycles. The molecular weight excluding hydrogens is 305 g/mol. The first-order valence-electron chi connectivity index (χ1n) is 7.08. The normalized spacial score (nSPS) is 14.5. The average Bonchev–Trinajstić information content (AvgIpc) is 2.69. The van der Waals surface area contributed by atoms with Gasteiger partial charge in [-0.3, -0.25) is 0 Å². The van der Waals surface area contributed by atoms with Crippen molar-refractivity contribution in [2.45, 2.75) is 19.3 Å². The molecule has 21 heavy (non-hydrogen) atoms. The molecule has 0 amide bonds. The summed E-state index contributed by atoms with van der Waals surface area (Å²) in [4.78, 5) is 2.27. The second-order valence-corrected chi connectivity index (χ2v) is 6.04.